The van der Waals surface area contributed by atoms with Crippen LogP contribution in [0.5, 0.6) is 0 Å². The first-order valence-electron chi connectivity index (χ1n) is 6.24. The summed E-state index contributed by atoms with van der Waals surface area (Å²) in [6.07, 6.45) is 1.88. The van der Waals surface area contributed by atoms with Crippen molar-refractivity contribution in [1.29, 1.82) is 0 Å². The zero-order valence-corrected chi connectivity index (χ0v) is 11.8. The van der Waals surface area contributed by atoms with E-state index in [2.05, 4.69) is 0 Å². The molecule has 1 aliphatic heterocycles. The number of nitrogens with two attached hydrogens (primary N) is 1. The Bertz CT molecular complexity index is 419. The molecule has 1 saturated heterocycles. The van der Waals surface area contributed by atoms with E-state index in [1.54, 1.807) is 6.07 Å². The van der Waals surface area contributed by atoms with Crippen LogP contribution in [-0.2, 0) is 9.47 Å². The van der Waals surface area contributed by atoms with E-state index >= 15 is 0 Å². The van der Waals surface area contributed by atoms with E-state index < -0.39 is 0 Å². The molecule has 106 valence electrons. The lowest BCUT2D eigenvalue weighted by molar-refractivity contribution is 0.0563. The van der Waals surface area contributed by atoms with Gasteiger partial charge in [0.15, 0.2) is 0 Å². The summed E-state index contributed by atoms with van der Waals surface area (Å²) < 4.78 is 10.1. The van der Waals surface area contributed by atoms with Gasteiger partial charge in [0.05, 0.1) is 12.7 Å². The molecule has 1 fully saturated rings. The van der Waals surface area contributed by atoms with Gasteiger partial charge in [-0.2, -0.15) is 0 Å². The molecule has 0 radical (unpaired) electrons. The molecule has 1 heterocycles. The van der Waals surface area contributed by atoms with E-state index in [0.717, 1.165) is 31.6 Å². The molecule has 0 saturated carbocycles. The molecule has 2 rings (SSSR count). The molecule has 1 aromatic rings. The van der Waals surface area contributed by atoms with Crippen LogP contribution in [-0.4, -0.2) is 26.3 Å². The first-order chi connectivity index (χ1) is 8.74. The number of methoxy groups -OCH3 is 1. The molecule has 19 heavy (non-hydrogen) atoms. The summed E-state index contributed by atoms with van der Waals surface area (Å²) in [4.78, 5) is 11.7. The van der Waals surface area contributed by atoms with Crippen molar-refractivity contribution in [3.05, 3.63) is 35.4 Å². The summed E-state index contributed by atoms with van der Waals surface area (Å²) in [6, 6.07) is 7.27. The molecule has 0 unspecified atom stereocenters. The topological polar surface area (TPSA) is 61.5 Å². The maximum Gasteiger partial charge on any atom is 0.338 e. The van der Waals surface area contributed by atoms with Crippen molar-refractivity contribution >= 4 is 18.4 Å². The Labute approximate surface area is 119 Å². The Morgan fingerprint density at radius 3 is 2.63 bits per heavy atom. The Hall–Kier alpha value is -1.10. The number of hydrogen-bond donors (Lipinski definition) is 1. The lowest BCUT2D eigenvalue weighted by atomic mass is 9.86. The standard InChI is InChI=1S/C14H19NO3.ClH/c1-17-14(16)12-5-3-2-4-11(12)13(15)10-6-8-18-9-7-10;/h2-5,10,13H,6-9,15H2,1H3;1H/t13-;/m0./s1. The third-order valence-electron chi connectivity index (χ3n) is 3.50. The molecule has 0 aromatic heterocycles. The molecule has 0 amide bonds. The first-order valence-corrected chi connectivity index (χ1v) is 6.24. The van der Waals surface area contributed by atoms with Crippen molar-refractivity contribution in [2.45, 2.75) is 18.9 Å². The van der Waals surface area contributed by atoms with E-state index in [9.17, 15) is 4.79 Å². The molecule has 1 aromatic carbocycles. The Morgan fingerprint density at radius 1 is 1.37 bits per heavy atom. The third-order valence-corrected chi connectivity index (χ3v) is 3.50. The maximum atomic E-state index is 11.7. The van der Waals surface area contributed by atoms with Crippen molar-refractivity contribution in [3.63, 3.8) is 0 Å². The van der Waals surface area contributed by atoms with E-state index in [-0.39, 0.29) is 24.4 Å². The van der Waals surface area contributed by atoms with Gasteiger partial charge in [0.2, 0.25) is 0 Å². The largest absolute Gasteiger partial charge is 0.465 e. The monoisotopic (exact) mass is 285 g/mol. The average Bonchev–Trinajstić information content (AvgIpc) is 2.46. The zero-order chi connectivity index (χ0) is 13.0. The minimum atomic E-state index is -0.326. The number of esters is 1. The van der Waals surface area contributed by atoms with Crippen LogP contribution < -0.4 is 5.73 Å². The van der Waals surface area contributed by atoms with E-state index in [0.29, 0.717) is 11.5 Å². The summed E-state index contributed by atoms with van der Waals surface area (Å²) in [5.74, 6) is 0.0395. The fourth-order valence-corrected chi connectivity index (χ4v) is 2.41. The van der Waals surface area contributed by atoms with Crippen LogP contribution in [0.15, 0.2) is 24.3 Å². The normalized spacial score (nSPS) is 17.4. The molecule has 0 bridgehead atoms. The van der Waals surface area contributed by atoms with Crippen molar-refractivity contribution in [2.24, 2.45) is 11.7 Å². The number of rotatable bonds is 3. The van der Waals surface area contributed by atoms with Crippen LogP contribution in [0.4, 0.5) is 0 Å². The Kier molecular flexibility index (Phi) is 6.28. The second-order valence-electron chi connectivity index (χ2n) is 4.55. The molecular formula is C14H20ClNO3. The van der Waals surface area contributed by atoms with Gasteiger partial charge in [-0.1, -0.05) is 18.2 Å². The smallest absolute Gasteiger partial charge is 0.338 e. The Balaban J connectivity index is 0.00000180. The molecule has 1 atom stereocenters. The van der Waals surface area contributed by atoms with Gasteiger partial charge in [-0.3, -0.25) is 0 Å². The highest BCUT2D eigenvalue weighted by molar-refractivity contribution is 5.91. The lowest BCUT2D eigenvalue weighted by Gasteiger charge is -2.28. The SMILES string of the molecule is COC(=O)c1ccccc1[C@@H](N)C1CCOCC1.Cl. The van der Waals surface area contributed by atoms with Gasteiger partial charge >= 0.3 is 5.97 Å². The second kappa shape index (κ2) is 7.48. The van der Waals surface area contributed by atoms with Gasteiger partial charge in [0.25, 0.3) is 0 Å². The highest BCUT2D eigenvalue weighted by atomic mass is 35.5. The van der Waals surface area contributed by atoms with Crippen molar-refractivity contribution < 1.29 is 14.3 Å². The van der Waals surface area contributed by atoms with E-state index in [4.69, 9.17) is 15.2 Å². The van der Waals surface area contributed by atoms with E-state index in [1.165, 1.54) is 7.11 Å². The van der Waals surface area contributed by atoms with Gasteiger partial charge in [0, 0.05) is 19.3 Å². The molecule has 4 nitrogen and oxygen atoms in total. The second-order valence-corrected chi connectivity index (χ2v) is 4.55. The summed E-state index contributed by atoms with van der Waals surface area (Å²) >= 11 is 0. The van der Waals surface area contributed by atoms with Crippen LogP contribution in [0.2, 0.25) is 0 Å². The minimum absolute atomic E-state index is 0. The van der Waals surface area contributed by atoms with Gasteiger partial charge < -0.3 is 15.2 Å². The highest BCUT2D eigenvalue weighted by Crippen LogP contribution is 2.30. The average molecular weight is 286 g/mol. The van der Waals surface area contributed by atoms with Crippen molar-refractivity contribution in [2.75, 3.05) is 20.3 Å². The zero-order valence-electron chi connectivity index (χ0n) is 11.0. The fourth-order valence-electron chi connectivity index (χ4n) is 2.41. The van der Waals surface area contributed by atoms with Gasteiger partial charge in [-0.15, -0.1) is 12.4 Å². The molecule has 2 N–H and O–H groups in total. The number of hydrogen-bond acceptors (Lipinski definition) is 4. The Morgan fingerprint density at radius 2 is 2.00 bits per heavy atom. The van der Waals surface area contributed by atoms with Crippen molar-refractivity contribution in [1.82, 2.24) is 0 Å². The number of ether oxygens (including phenoxy) is 2. The van der Waals surface area contributed by atoms with E-state index in [1.807, 2.05) is 18.2 Å². The summed E-state index contributed by atoms with van der Waals surface area (Å²) in [7, 11) is 1.39. The molecule has 0 spiro atoms. The summed E-state index contributed by atoms with van der Waals surface area (Å²) in [5.41, 5.74) is 7.74. The van der Waals surface area contributed by atoms with Crippen LogP contribution in [0.3, 0.4) is 0 Å². The number of carbonyl (C=O) groups is 1. The first kappa shape index (κ1) is 16.0. The van der Waals surface area contributed by atoms with Crippen LogP contribution in [0, 0.1) is 5.92 Å². The molecule has 5 heteroatoms. The summed E-state index contributed by atoms with van der Waals surface area (Å²) in [5, 5.41) is 0. The fraction of sp³-hybridized carbons (Fsp3) is 0.500. The number of carbonyl (C=O) groups excluding carboxylic acids is 1. The predicted molar refractivity (Wildman–Crippen MR) is 75.5 cm³/mol. The van der Waals surface area contributed by atoms with Crippen molar-refractivity contribution in [3.8, 4) is 0 Å². The van der Waals surface area contributed by atoms with Gasteiger partial charge in [0.1, 0.15) is 0 Å². The lowest BCUT2D eigenvalue weighted by Crippen LogP contribution is -2.28. The van der Waals surface area contributed by atoms with Crippen LogP contribution >= 0.6 is 12.4 Å². The van der Waals surface area contributed by atoms with Crippen LogP contribution in [0.25, 0.3) is 0 Å². The maximum absolute atomic E-state index is 11.7. The molecule has 1 aliphatic rings. The molecule has 0 aliphatic carbocycles. The van der Waals surface area contributed by atoms with Gasteiger partial charge in [-0.25, -0.2) is 4.79 Å². The van der Waals surface area contributed by atoms with Crippen LogP contribution in [0.1, 0.15) is 34.8 Å². The molecular weight excluding hydrogens is 266 g/mol. The number of benzene rings is 1. The summed E-state index contributed by atoms with van der Waals surface area (Å²) in [6.45, 7) is 1.50. The van der Waals surface area contributed by atoms with Gasteiger partial charge in [-0.05, 0) is 30.4 Å². The number of halogens is 1. The quantitative estimate of drug-likeness (QED) is 0.866. The minimum Gasteiger partial charge on any atom is -0.465 e. The predicted octanol–water partition coefficient (Wildman–Crippen LogP) is 2.32. The highest BCUT2D eigenvalue weighted by Gasteiger charge is 2.25. The third kappa shape index (κ3) is 3.69.